The van der Waals surface area contributed by atoms with Crippen molar-refractivity contribution < 1.29 is 28.6 Å². The second-order valence-corrected chi connectivity index (χ2v) is 6.12. The number of carboxylic acids is 1. The maximum Gasteiger partial charge on any atom is 0.338 e. The average Bonchev–Trinajstić information content (AvgIpc) is 3.17. The van der Waals surface area contributed by atoms with E-state index in [0.29, 0.717) is 32.5 Å². The van der Waals surface area contributed by atoms with Crippen molar-refractivity contribution in [3.8, 4) is 5.75 Å². The molecule has 3 rings (SSSR count). The smallest absolute Gasteiger partial charge is 0.338 e. The summed E-state index contributed by atoms with van der Waals surface area (Å²) in [5.74, 6) is -0.556. The van der Waals surface area contributed by atoms with Gasteiger partial charge in [0.2, 0.25) is 0 Å². The molecule has 0 atom stereocenters. The number of carboxylic acid groups (broad SMARTS) is 1. The van der Waals surface area contributed by atoms with Crippen molar-refractivity contribution >= 4 is 11.9 Å². The molecule has 0 radical (unpaired) electrons. The number of amides is 1. The normalized spacial score (nSPS) is 15.0. The number of likely N-dealkylation sites (tertiary alicyclic amines) is 1. The Labute approximate surface area is 151 Å². The maximum atomic E-state index is 12.4. The number of hydrogen-bond acceptors (Lipinski definition) is 5. The van der Waals surface area contributed by atoms with E-state index < -0.39 is 5.97 Å². The van der Waals surface area contributed by atoms with Crippen LogP contribution in [0.5, 0.6) is 5.75 Å². The molecule has 1 N–H and O–H groups in total. The number of aromatic carboxylic acids is 1. The van der Waals surface area contributed by atoms with E-state index in [-0.39, 0.29) is 23.3 Å². The van der Waals surface area contributed by atoms with Gasteiger partial charge in [-0.2, -0.15) is 0 Å². The Kier molecular flexibility index (Phi) is 5.58. The Morgan fingerprint density at radius 1 is 1.27 bits per heavy atom. The van der Waals surface area contributed by atoms with Crippen molar-refractivity contribution in [2.45, 2.75) is 25.6 Å². The van der Waals surface area contributed by atoms with Gasteiger partial charge in [0.25, 0.3) is 5.91 Å². The van der Waals surface area contributed by atoms with Crippen LogP contribution < -0.4 is 4.74 Å². The zero-order valence-electron chi connectivity index (χ0n) is 14.5. The molecule has 0 saturated carbocycles. The lowest BCUT2D eigenvalue weighted by atomic mass is 10.1. The summed E-state index contributed by atoms with van der Waals surface area (Å²) in [6.07, 6.45) is 2.58. The molecule has 1 aromatic carbocycles. The number of benzene rings is 1. The van der Waals surface area contributed by atoms with Crippen LogP contribution in [0.25, 0.3) is 0 Å². The summed E-state index contributed by atoms with van der Waals surface area (Å²) >= 11 is 0. The molecule has 7 nitrogen and oxygen atoms in total. The van der Waals surface area contributed by atoms with Crippen molar-refractivity contribution in [1.29, 1.82) is 0 Å². The molecule has 0 spiro atoms. The van der Waals surface area contributed by atoms with Crippen molar-refractivity contribution in [1.82, 2.24) is 4.90 Å². The van der Waals surface area contributed by atoms with Gasteiger partial charge in [0.15, 0.2) is 5.76 Å². The van der Waals surface area contributed by atoms with Crippen LogP contribution in [-0.4, -0.2) is 48.2 Å². The van der Waals surface area contributed by atoms with E-state index in [1.54, 1.807) is 12.0 Å². The third-order valence-corrected chi connectivity index (χ3v) is 4.45. The summed E-state index contributed by atoms with van der Waals surface area (Å²) in [6.45, 7) is 1.54. The lowest BCUT2D eigenvalue weighted by molar-refractivity contribution is -0.00161. The van der Waals surface area contributed by atoms with Gasteiger partial charge in [-0.05, 0) is 18.9 Å². The summed E-state index contributed by atoms with van der Waals surface area (Å²) in [5.41, 5.74) is 0.966. The van der Waals surface area contributed by atoms with Crippen molar-refractivity contribution in [2.75, 3.05) is 20.2 Å². The van der Waals surface area contributed by atoms with Gasteiger partial charge in [-0.25, -0.2) is 4.79 Å². The zero-order valence-corrected chi connectivity index (χ0v) is 14.5. The second kappa shape index (κ2) is 8.05. The summed E-state index contributed by atoms with van der Waals surface area (Å²) in [4.78, 5) is 24.9. The van der Waals surface area contributed by atoms with Crippen LogP contribution in [0.3, 0.4) is 0 Å². The predicted octanol–water partition coefficient (Wildman–Crippen LogP) is 2.81. The number of para-hydroxylation sites is 1. The standard InChI is InChI=1S/C19H21NO6/c1-24-16-5-3-2-4-13(16)11-25-15-6-8-20(9-7-15)18(21)17-10-14(12-26-17)19(22)23/h2-5,10,12,15H,6-9,11H2,1H3,(H,22,23). The highest BCUT2D eigenvalue weighted by atomic mass is 16.5. The number of methoxy groups -OCH3 is 1. The molecular formula is C19H21NO6. The van der Waals surface area contributed by atoms with Crippen molar-refractivity contribution in [3.05, 3.63) is 53.5 Å². The van der Waals surface area contributed by atoms with Gasteiger partial charge >= 0.3 is 5.97 Å². The Hall–Kier alpha value is -2.80. The first-order chi connectivity index (χ1) is 12.6. The summed E-state index contributed by atoms with van der Waals surface area (Å²) < 4.78 is 16.4. The number of rotatable bonds is 6. The molecule has 0 bridgehead atoms. The molecule has 26 heavy (non-hydrogen) atoms. The zero-order chi connectivity index (χ0) is 18.5. The van der Waals surface area contributed by atoms with Gasteiger partial charge < -0.3 is 23.9 Å². The predicted molar refractivity (Wildman–Crippen MR) is 92.4 cm³/mol. The first kappa shape index (κ1) is 18.0. The quantitative estimate of drug-likeness (QED) is 0.853. The number of piperidine rings is 1. The van der Waals surface area contributed by atoms with Gasteiger partial charge in [-0.3, -0.25) is 4.79 Å². The van der Waals surface area contributed by atoms with Crippen LogP contribution >= 0.6 is 0 Å². The topological polar surface area (TPSA) is 89.2 Å². The van der Waals surface area contributed by atoms with Gasteiger partial charge in [0.05, 0.1) is 25.4 Å². The van der Waals surface area contributed by atoms with E-state index in [1.807, 2.05) is 24.3 Å². The van der Waals surface area contributed by atoms with Crippen LogP contribution in [0, 0.1) is 0 Å². The lowest BCUT2D eigenvalue weighted by Gasteiger charge is -2.31. The van der Waals surface area contributed by atoms with Crippen LogP contribution in [0.15, 0.2) is 41.0 Å². The Morgan fingerprint density at radius 2 is 2.00 bits per heavy atom. The number of furan rings is 1. The molecule has 138 valence electrons. The number of hydrogen-bond donors (Lipinski definition) is 1. The molecule has 7 heteroatoms. The largest absolute Gasteiger partial charge is 0.496 e. The summed E-state index contributed by atoms with van der Waals surface area (Å²) in [5, 5.41) is 8.91. The second-order valence-electron chi connectivity index (χ2n) is 6.12. The summed E-state index contributed by atoms with van der Waals surface area (Å²) in [6, 6.07) is 8.98. The Morgan fingerprint density at radius 3 is 2.65 bits per heavy atom. The van der Waals surface area contributed by atoms with E-state index in [4.69, 9.17) is 19.0 Å². The maximum absolute atomic E-state index is 12.4. The molecule has 1 amide bonds. The molecule has 2 heterocycles. The van der Waals surface area contributed by atoms with E-state index in [9.17, 15) is 9.59 Å². The monoisotopic (exact) mass is 359 g/mol. The van der Waals surface area contributed by atoms with Crippen LogP contribution in [-0.2, 0) is 11.3 Å². The minimum absolute atomic E-state index is 0.0247. The third-order valence-electron chi connectivity index (χ3n) is 4.45. The van der Waals surface area contributed by atoms with Gasteiger partial charge in [0.1, 0.15) is 12.0 Å². The first-order valence-corrected chi connectivity index (χ1v) is 8.43. The molecule has 1 saturated heterocycles. The number of carbonyl (C=O) groups is 2. The molecule has 1 aromatic heterocycles. The fourth-order valence-electron chi connectivity index (χ4n) is 2.97. The highest BCUT2D eigenvalue weighted by molar-refractivity contribution is 5.95. The summed E-state index contributed by atoms with van der Waals surface area (Å²) in [7, 11) is 1.63. The fourth-order valence-corrected chi connectivity index (χ4v) is 2.97. The number of nitrogens with zero attached hydrogens (tertiary/aromatic N) is 1. The van der Waals surface area contributed by atoms with Crippen LogP contribution in [0.2, 0.25) is 0 Å². The molecular weight excluding hydrogens is 338 g/mol. The van der Waals surface area contributed by atoms with Gasteiger partial charge in [0, 0.05) is 24.7 Å². The highest BCUT2D eigenvalue weighted by Crippen LogP contribution is 2.22. The van der Waals surface area contributed by atoms with E-state index >= 15 is 0 Å². The Bertz CT molecular complexity index is 776. The lowest BCUT2D eigenvalue weighted by Crippen LogP contribution is -2.40. The first-order valence-electron chi connectivity index (χ1n) is 8.43. The van der Waals surface area contributed by atoms with Crippen LogP contribution in [0.1, 0.15) is 39.3 Å². The molecule has 1 fully saturated rings. The van der Waals surface area contributed by atoms with E-state index in [0.717, 1.165) is 17.6 Å². The minimum atomic E-state index is -1.11. The van der Waals surface area contributed by atoms with Crippen molar-refractivity contribution in [3.63, 3.8) is 0 Å². The highest BCUT2D eigenvalue weighted by Gasteiger charge is 2.26. The number of carbonyl (C=O) groups excluding carboxylic acids is 1. The van der Waals surface area contributed by atoms with Crippen LogP contribution in [0.4, 0.5) is 0 Å². The minimum Gasteiger partial charge on any atom is -0.496 e. The third kappa shape index (κ3) is 4.05. The van der Waals surface area contributed by atoms with Crippen molar-refractivity contribution in [2.24, 2.45) is 0 Å². The molecule has 1 aliphatic heterocycles. The molecule has 1 aliphatic rings. The SMILES string of the molecule is COc1ccccc1COC1CCN(C(=O)c2cc(C(=O)O)co2)CC1. The average molecular weight is 359 g/mol. The van der Waals surface area contributed by atoms with Gasteiger partial charge in [-0.1, -0.05) is 18.2 Å². The Balaban J connectivity index is 1.50. The van der Waals surface area contributed by atoms with E-state index in [1.165, 1.54) is 6.07 Å². The van der Waals surface area contributed by atoms with E-state index in [2.05, 4.69) is 0 Å². The molecule has 0 unspecified atom stereocenters. The van der Waals surface area contributed by atoms with Gasteiger partial charge in [-0.15, -0.1) is 0 Å². The molecule has 0 aliphatic carbocycles. The number of ether oxygens (including phenoxy) is 2. The molecule has 2 aromatic rings. The fraction of sp³-hybridized carbons (Fsp3) is 0.368.